The molecule has 2 N–H and O–H groups in total. The highest BCUT2D eigenvalue weighted by Gasteiger charge is 2.32. The lowest BCUT2D eigenvalue weighted by Gasteiger charge is -2.38. The molecule has 1 unspecified atom stereocenters. The summed E-state index contributed by atoms with van der Waals surface area (Å²) in [6.07, 6.45) is 0. The lowest BCUT2D eigenvalue weighted by molar-refractivity contribution is -0.124. The van der Waals surface area contributed by atoms with E-state index in [0.29, 0.717) is 47.6 Å². The first kappa shape index (κ1) is 19.7. The molecule has 0 aliphatic carbocycles. The van der Waals surface area contributed by atoms with Crippen molar-refractivity contribution in [3.63, 3.8) is 0 Å². The van der Waals surface area contributed by atoms with Crippen molar-refractivity contribution < 1.29 is 9.59 Å². The summed E-state index contributed by atoms with van der Waals surface area (Å²) in [4.78, 5) is 28.6. The number of hydrogen-bond donors (Lipinski definition) is 1. The standard InChI is InChI=1S/C18H21Cl2N5O2/c1-11-14(16(20)23(2)22-11)18(27)25-9-7-24(8-10-25)15(17(21)26)12-3-5-13(19)6-4-12/h3-6,15H,7-10H2,1-2H3,(H2,21,26). The van der Waals surface area contributed by atoms with Crippen LogP contribution in [0.3, 0.4) is 0 Å². The molecule has 2 amide bonds. The predicted molar refractivity (Wildman–Crippen MR) is 104 cm³/mol. The summed E-state index contributed by atoms with van der Waals surface area (Å²) in [6.45, 7) is 3.76. The summed E-state index contributed by atoms with van der Waals surface area (Å²) < 4.78 is 1.49. The third-order valence-electron chi connectivity index (χ3n) is 4.79. The number of hydrogen-bond acceptors (Lipinski definition) is 4. The molecule has 2 heterocycles. The first-order valence-electron chi connectivity index (χ1n) is 8.56. The summed E-state index contributed by atoms with van der Waals surface area (Å²) >= 11 is 12.1. The van der Waals surface area contributed by atoms with Crippen LogP contribution >= 0.6 is 23.2 Å². The smallest absolute Gasteiger partial charge is 0.258 e. The number of aromatic nitrogens is 2. The Morgan fingerprint density at radius 1 is 1.11 bits per heavy atom. The Labute approximate surface area is 167 Å². The van der Waals surface area contributed by atoms with E-state index in [-0.39, 0.29) is 5.91 Å². The minimum Gasteiger partial charge on any atom is -0.368 e. The first-order chi connectivity index (χ1) is 12.8. The topological polar surface area (TPSA) is 84.5 Å². The molecule has 1 fully saturated rings. The van der Waals surface area contributed by atoms with Gasteiger partial charge in [-0.2, -0.15) is 5.10 Å². The van der Waals surface area contributed by atoms with Crippen LogP contribution in [0.2, 0.25) is 10.2 Å². The Balaban J connectivity index is 1.72. The number of benzene rings is 1. The molecule has 1 aliphatic heterocycles. The van der Waals surface area contributed by atoms with E-state index in [2.05, 4.69) is 5.10 Å². The molecule has 9 heteroatoms. The van der Waals surface area contributed by atoms with Gasteiger partial charge in [0.05, 0.1) is 11.3 Å². The van der Waals surface area contributed by atoms with Crippen molar-refractivity contribution in [3.05, 3.63) is 51.3 Å². The van der Waals surface area contributed by atoms with Gasteiger partial charge in [-0.3, -0.25) is 19.2 Å². The molecule has 0 bridgehead atoms. The minimum absolute atomic E-state index is 0.146. The number of nitrogens with two attached hydrogens (primary N) is 1. The molecular formula is C18H21Cl2N5O2. The second-order valence-corrected chi connectivity index (χ2v) is 7.35. The fourth-order valence-corrected chi connectivity index (χ4v) is 3.80. The number of piperazine rings is 1. The summed E-state index contributed by atoms with van der Waals surface area (Å²) in [6, 6.07) is 6.52. The van der Waals surface area contributed by atoms with Crippen LogP contribution in [-0.2, 0) is 11.8 Å². The van der Waals surface area contributed by atoms with Crippen LogP contribution < -0.4 is 5.73 Å². The van der Waals surface area contributed by atoms with E-state index < -0.39 is 11.9 Å². The molecule has 3 rings (SSSR count). The SMILES string of the molecule is Cc1nn(C)c(Cl)c1C(=O)N1CCN(C(C(N)=O)c2ccc(Cl)cc2)CC1. The first-order valence-corrected chi connectivity index (χ1v) is 9.32. The average Bonchev–Trinajstić information content (AvgIpc) is 2.89. The van der Waals surface area contributed by atoms with E-state index >= 15 is 0 Å². The molecule has 1 aromatic heterocycles. The van der Waals surface area contributed by atoms with Gasteiger partial charge < -0.3 is 10.6 Å². The molecule has 7 nitrogen and oxygen atoms in total. The van der Waals surface area contributed by atoms with Crippen molar-refractivity contribution in [1.29, 1.82) is 0 Å². The minimum atomic E-state index is -0.553. The molecule has 1 atom stereocenters. The fourth-order valence-electron chi connectivity index (χ4n) is 3.41. The molecule has 0 saturated carbocycles. The molecular weight excluding hydrogens is 389 g/mol. The lowest BCUT2D eigenvalue weighted by atomic mass is 10.0. The third kappa shape index (κ3) is 3.95. The molecule has 27 heavy (non-hydrogen) atoms. The van der Waals surface area contributed by atoms with Crippen molar-refractivity contribution in [2.75, 3.05) is 26.2 Å². The van der Waals surface area contributed by atoms with Gasteiger partial charge in [0.2, 0.25) is 5.91 Å². The highest BCUT2D eigenvalue weighted by Crippen LogP contribution is 2.25. The molecule has 0 radical (unpaired) electrons. The summed E-state index contributed by atoms with van der Waals surface area (Å²) in [5.74, 6) is -0.574. The highest BCUT2D eigenvalue weighted by atomic mass is 35.5. The Kier molecular flexibility index (Phi) is 5.74. The number of rotatable bonds is 4. The zero-order valence-electron chi connectivity index (χ0n) is 15.2. The van der Waals surface area contributed by atoms with Crippen LogP contribution in [0.25, 0.3) is 0 Å². The molecule has 1 saturated heterocycles. The Morgan fingerprint density at radius 2 is 1.70 bits per heavy atom. The van der Waals surface area contributed by atoms with Gasteiger partial charge in [-0.05, 0) is 24.6 Å². The quantitative estimate of drug-likeness (QED) is 0.836. The van der Waals surface area contributed by atoms with E-state index in [1.807, 2.05) is 4.90 Å². The van der Waals surface area contributed by atoms with E-state index in [0.717, 1.165) is 5.56 Å². The van der Waals surface area contributed by atoms with Gasteiger partial charge in [-0.15, -0.1) is 0 Å². The molecule has 1 aliphatic rings. The van der Waals surface area contributed by atoms with Gasteiger partial charge in [0.1, 0.15) is 11.2 Å². The van der Waals surface area contributed by atoms with Crippen LogP contribution in [0.4, 0.5) is 0 Å². The van der Waals surface area contributed by atoms with E-state index in [4.69, 9.17) is 28.9 Å². The fraction of sp³-hybridized carbons (Fsp3) is 0.389. The largest absolute Gasteiger partial charge is 0.368 e. The third-order valence-corrected chi connectivity index (χ3v) is 5.47. The van der Waals surface area contributed by atoms with E-state index in [1.54, 1.807) is 43.1 Å². The maximum atomic E-state index is 12.8. The van der Waals surface area contributed by atoms with Crippen LogP contribution in [0.1, 0.15) is 27.7 Å². The number of aryl methyl sites for hydroxylation is 2. The lowest BCUT2D eigenvalue weighted by Crippen LogP contribution is -2.52. The van der Waals surface area contributed by atoms with Crippen molar-refractivity contribution >= 4 is 35.0 Å². The van der Waals surface area contributed by atoms with Crippen molar-refractivity contribution in [1.82, 2.24) is 19.6 Å². The van der Waals surface area contributed by atoms with Gasteiger partial charge in [-0.25, -0.2) is 0 Å². The van der Waals surface area contributed by atoms with E-state index in [9.17, 15) is 9.59 Å². The number of carbonyl (C=O) groups excluding carboxylic acids is 2. The normalized spacial score (nSPS) is 16.4. The van der Waals surface area contributed by atoms with Gasteiger partial charge >= 0.3 is 0 Å². The molecule has 2 aromatic rings. The number of primary amides is 1. The number of carbonyl (C=O) groups is 2. The summed E-state index contributed by atoms with van der Waals surface area (Å²) in [7, 11) is 1.70. The predicted octanol–water partition coefficient (Wildman–Crippen LogP) is 2.02. The zero-order valence-corrected chi connectivity index (χ0v) is 16.7. The molecule has 1 aromatic carbocycles. The van der Waals surface area contributed by atoms with Gasteiger partial charge in [0.25, 0.3) is 5.91 Å². The summed E-state index contributed by atoms with van der Waals surface area (Å²) in [5, 5.41) is 5.12. The molecule has 0 spiro atoms. The maximum absolute atomic E-state index is 12.8. The van der Waals surface area contributed by atoms with Crippen LogP contribution in [0.15, 0.2) is 24.3 Å². The Morgan fingerprint density at radius 3 is 2.19 bits per heavy atom. The van der Waals surface area contributed by atoms with Crippen molar-refractivity contribution in [2.45, 2.75) is 13.0 Å². The van der Waals surface area contributed by atoms with Crippen molar-refractivity contribution in [2.24, 2.45) is 12.8 Å². The van der Waals surface area contributed by atoms with Gasteiger partial charge in [0.15, 0.2) is 0 Å². The highest BCUT2D eigenvalue weighted by molar-refractivity contribution is 6.33. The average molecular weight is 410 g/mol. The second-order valence-electron chi connectivity index (χ2n) is 6.56. The number of amides is 2. The Bertz CT molecular complexity index is 857. The number of nitrogens with zero attached hydrogens (tertiary/aromatic N) is 4. The van der Waals surface area contributed by atoms with Gasteiger partial charge in [0, 0.05) is 38.2 Å². The summed E-state index contributed by atoms with van der Waals surface area (Å²) in [5.41, 5.74) is 7.46. The number of halogens is 2. The zero-order chi connectivity index (χ0) is 19.7. The monoisotopic (exact) mass is 409 g/mol. The van der Waals surface area contributed by atoms with E-state index in [1.165, 1.54) is 4.68 Å². The van der Waals surface area contributed by atoms with Gasteiger partial charge in [-0.1, -0.05) is 35.3 Å². The van der Waals surface area contributed by atoms with Crippen LogP contribution in [0.5, 0.6) is 0 Å². The maximum Gasteiger partial charge on any atom is 0.258 e. The Hall–Kier alpha value is -2.09. The van der Waals surface area contributed by atoms with Crippen LogP contribution in [0, 0.1) is 6.92 Å². The van der Waals surface area contributed by atoms with Crippen LogP contribution in [-0.4, -0.2) is 57.6 Å². The molecule has 144 valence electrons. The second kappa shape index (κ2) is 7.88. The van der Waals surface area contributed by atoms with Crippen molar-refractivity contribution in [3.8, 4) is 0 Å².